The molecule has 4 heteroatoms. The quantitative estimate of drug-likeness (QED) is 0.674. The zero-order valence-corrected chi connectivity index (χ0v) is 11.2. The Balaban J connectivity index is 2.48. The van der Waals surface area contributed by atoms with Crippen LogP contribution in [0.5, 0.6) is 0 Å². The standard InChI is InChI=1S/C15H17N3O/c1-4-15(16)18-13(10-19-3)9-14(17-18)12-7-5-6-11(2)8-12/h4-9,16H,1,10H2,2-3H3. The summed E-state index contributed by atoms with van der Waals surface area (Å²) in [5.41, 5.74) is 3.89. The van der Waals surface area contributed by atoms with E-state index < -0.39 is 0 Å². The molecule has 0 aliphatic rings. The molecular formula is C15H17N3O. The van der Waals surface area contributed by atoms with E-state index in [2.05, 4.69) is 17.7 Å². The van der Waals surface area contributed by atoms with Gasteiger partial charge >= 0.3 is 0 Å². The summed E-state index contributed by atoms with van der Waals surface area (Å²) in [7, 11) is 1.63. The molecule has 0 aliphatic heterocycles. The van der Waals surface area contributed by atoms with Crippen LogP contribution in [0.4, 0.5) is 0 Å². The molecule has 0 aliphatic carbocycles. The fourth-order valence-corrected chi connectivity index (χ4v) is 1.91. The molecule has 1 heterocycles. The van der Waals surface area contributed by atoms with E-state index in [1.165, 1.54) is 11.6 Å². The lowest BCUT2D eigenvalue weighted by molar-refractivity contribution is 0.180. The average Bonchev–Trinajstić information content (AvgIpc) is 2.82. The molecule has 1 aromatic carbocycles. The summed E-state index contributed by atoms with van der Waals surface area (Å²) in [5.74, 6) is 0.242. The Morgan fingerprint density at radius 1 is 1.47 bits per heavy atom. The Morgan fingerprint density at radius 3 is 2.89 bits per heavy atom. The highest BCUT2D eigenvalue weighted by Crippen LogP contribution is 2.20. The van der Waals surface area contributed by atoms with Crippen LogP contribution < -0.4 is 0 Å². The highest BCUT2D eigenvalue weighted by molar-refractivity contribution is 5.91. The summed E-state index contributed by atoms with van der Waals surface area (Å²) in [6.45, 7) is 6.06. The SMILES string of the molecule is C=CC(=N)n1nc(-c2cccc(C)c2)cc1COC. The molecule has 2 rings (SSSR count). The van der Waals surface area contributed by atoms with Crippen LogP contribution in [0.1, 0.15) is 11.3 Å². The molecule has 0 bridgehead atoms. The lowest BCUT2D eigenvalue weighted by Gasteiger charge is -2.03. The normalized spacial score (nSPS) is 10.4. The minimum atomic E-state index is 0.242. The number of aromatic nitrogens is 2. The van der Waals surface area contributed by atoms with E-state index in [0.717, 1.165) is 17.0 Å². The molecule has 4 nitrogen and oxygen atoms in total. The highest BCUT2D eigenvalue weighted by Gasteiger charge is 2.11. The second-order valence-electron chi connectivity index (χ2n) is 4.32. The Hall–Kier alpha value is -2.20. The second-order valence-corrected chi connectivity index (χ2v) is 4.32. The van der Waals surface area contributed by atoms with Gasteiger partial charge in [-0.25, -0.2) is 4.68 Å². The van der Waals surface area contributed by atoms with Gasteiger partial charge in [0.05, 0.1) is 18.0 Å². The van der Waals surface area contributed by atoms with E-state index in [9.17, 15) is 0 Å². The van der Waals surface area contributed by atoms with Gasteiger partial charge < -0.3 is 4.74 Å². The number of benzene rings is 1. The van der Waals surface area contributed by atoms with Crippen molar-refractivity contribution in [1.82, 2.24) is 9.78 Å². The van der Waals surface area contributed by atoms with E-state index in [1.54, 1.807) is 11.8 Å². The molecule has 0 saturated carbocycles. The van der Waals surface area contributed by atoms with E-state index in [1.807, 2.05) is 31.2 Å². The number of rotatable bonds is 4. The topological polar surface area (TPSA) is 50.9 Å². The van der Waals surface area contributed by atoms with Crippen molar-refractivity contribution in [3.63, 3.8) is 0 Å². The number of aryl methyl sites for hydroxylation is 1. The van der Waals surface area contributed by atoms with Crippen LogP contribution in [0.2, 0.25) is 0 Å². The first-order valence-corrected chi connectivity index (χ1v) is 6.02. The van der Waals surface area contributed by atoms with Crippen LogP contribution in [-0.4, -0.2) is 22.7 Å². The van der Waals surface area contributed by atoms with Crippen molar-refractivity contribution in [2.75, 3.05) is 7.11 Å². The average molecular weight is 255 g/mol. The zero-order chi connectivity index (χ0) is 13.8. The van der Waals surface area contributed by atoms with Crippen molar-refractivity contribution in [1.29, 1.82) is 5.41 Å². The van der Waals surface area contributed by atoms with Crippen molar-refractivity contribution in [3.05, 3.63) is 54.2 Å². The molecule has 0 radical (unpaired) electrons. The maximum atomic E-state index is 7.84. The summed E-state index contributed by atoms with van der Waals surface area (Å²) in [6, 6.07) is 10.1. The summed E-state index contributed by atoms with van der Waals surface area (Å²) in [6.07, 6.45) is 1.46. The molecule has 98 valence electrons. The van der Waals surface area contributed by atoms with E-state index in [-0.39, 0.29) is 5.84 Å². The van der Waals surface area contributed by atoms with E-state index >= 15 is 0 Å². The molecule has 0 fully saturated rings. The number of methoxy groups -OCH3 is 1. The monoisotopic (exact) mass is 255 g/mol. The highest BCUT2D eigenvalue weighted by atomic mass is 16.5. The summed E-state index contributed by atoms with van der Waals surface area (Å²) in [4.78, 5) is 0. The van der Waals surface area contributed by atoms with Crippen LogP contribution in [-0.2, 0) is 11.3 Å². The third-order valence-electron chi connectivity index (χ3n) is 2.81. The third-order valence-corrected chi connectivity index (χ3v) is 2.81. The first-order chi connectivity index (χ1) is 9.15. The molecule has 0 spiro atoms. The van der Waals surface area contributed by atoms with Gasteiger partial charge in [-0.2, -0.15) is 5.10 Å². The number of hydrogen-bond donors (Lipinski definition) is 1. The minimum absolute atomic E-state index is 0.242. The number of nitrogens with zero attached hydrogens (tertiary/aromatic N) is 2. The minimum Gasteiger partial charge on any atom is -0.378 e. The maximum Gasteiger partial charge on any atom is 0.145 e. The van der Waals surface area contributed by atoms with Crippen molar-refractivity contribution >= 4 is 5.84 Å². The van der Waals surface area contributed by atoms with Crippen LogP contribution in [0, 0.1) is 12.3 Å². The molecule has 1 N–H and O–H groups in total. The summed E-state index contributed by atoms with van der Waals surface area (Å²) >= 11 is 0. The fourth-order valence-electron chi connectivity index (χ4n) is 1.91. The lowest BCUT2D eigenvalue weighted by atomic mass is 10.1. The summed E-state index contributed by atoms with van der Waals surface area (Å²) < 4.78 is 6.69. The van der Waals surface area contributed by atoms with Crippen LogP contribution in [0.25, 0.3) is 11.3 Å². The molecule has 2 aromatic rings. The van der Waals surface area contributed by atoms with Gasteiger partial charge in [-0.05, 0) is 25.1 Å². The molecule has 19 heavy (non-hydrogen) atoms. The Morgan fingerprint density at radius 2 is 2.26 bits per heavy atom. The number of nitrogens with one attached hydrogen (secondary N) is 1. The Bertz CT molecular complexity index is 614. The molecule has 0 atom stereocenters. The first kappa shape index (κ1) is 13.2. The molecule has 1 aromatic heterocycles. The van der Waals surface area contributed by atoms with Gasteiger partial charge in [0.1, 0.15) is 5.84 Å². The lowest BCUT2D eigenvalue weighted by Crippen LogP contribution is -2.13. The van der Waals surface area contributed by atoms with Crippen molar-refractivity contribution < 1.29 is 4.74 Å². The fraction of sp³-hybridized carbons (Fsp3) is 0.200. The number of ether oxygens (including phenoxy) is 1. The molecule has 0 amide bonds. The first-order valence-electron chi connectivity index (χ1n) is 6.02. The van der Waals surface area contributed by atoms with Crippen LogP contribution >= 0.6 is 0 Å². The second kappa shape index (κ2) is 5.63. The van der Waals surface area contributed by atoms with Gasteiger partial charge in [0.15, 0.2) is 0 Å². The van der Waals surface area contributed by atoms with Crippen LogP contribution in [0.3, 0.4) is 0 Å². The van der Waals surface area contributed by atoms with Gasteiger partial charge in [-0.1, -0.05) is 30.3 Å². The van der Waals surface area contributed by atoms with Crippen molar-refractivity contribution in [2.45, 2.75) is 13.5 Å². The smallest absolute Gasteiger partial charge is 0.145 e. The van der Waals surface area contributed by atoms with Crippen molar-refractivity contribution in [2.24, 2.45) is 0 Å². The zero-order valence-electron chi connectivity index (χ0n) is 11.2. The summed E-state index contributed by atoms with van der Waals surface area (Å²) in [5, 5.41) is 12.3. The van der Waals surface area contributed by atoms with E-state index in [0.29, 0.717) is 6.61 Å². The molecule has 0 saturated heterocycles. The largest absolute Gasteiger partial charge is 0.378 e. The third kappa shape index (κ3) is 2.80. The Kier molecular flexibility index (Phi) is 3.92. The molecular weight excluding hydrogens is 238 g/mol. The van der Waals surface area contributed by atoms with Gasteiger partial charge in [0.2, 0.25) is 0 Å². The van der Waals surface area contributed by atoms with Gasteiger partial charge in [0, 0.05) is 12.7 Å². The van der Waals surface area contributed by atoms with Gasteiger partial charge in [-0.15, -0.1) is 0 Å². The van der Waals surface area contributed by atoms with Gasteiger partial charge in [0.25, 0.3) is 0 Å². The van der Waals surface area contributed by atoms with Crippen molar-refractivity contribution in [3.8, 4) is 11.3 Å². The molecule has 0 unspecified atom stereocenters. The predicted octanol–water partition coefficient (Wildman–Crippen LogP) is 3.02. The van der Waals surface area contributed by atoms with Crippen LogP contribution in [0.15, 0.2) is 43.0 Å². The predicted molar refractivity (Wildman–Crippen MR) is 76.4 cm³/mol. The maximum absolute atomic E-state index is 7.84. The van der Waals surface area contributed by atoms with E-state index in [4.69, 9.17) is 10.1 Å². The Labute approximate surface area is 112 Å². The number of allylic oxidation sites excluding steroid dienone is 1. The van der Waals surface area contributed by atoms with Gasteiger partial charge in [-0.3, -0.25) is 5.41 Å². The number of hydrogen-bond acceptors (Lipinski definition) is 3.